The first-order valence-corrected chi connectivity index (χ1v) is 8.04. The van der Waals surface area contributed by atoms with Gasteiger partial charge in [0.05, 0.1) is 0 Å². The van der Waals surface area contributed by atoms with Crippen LogP contribution in [-0.4, -0.2) is 66.0 Å². The van der Waals surface area contributed by atoms with E-state index < -0.39 is 5.54 Å². The fourth-order valence-electron chi connectivity index (χ4n) is 3.16. The molecule has 0 aromatic rings. The highest BCUT2D eigenvalue weighted by molar-refractivity contribution is 6.06. The number of carbonyl (C=O) groups is 2. The number of hydrogen-bond acceptors (Lipinski definition) is 4. The second-order valence-corrected chi connectivity index (χ2v) is 6.55. The van der Waals surface area contributed by atoms with Gasteiger partial charge in [-0.05, 0) is 46.2 Å². The first kappa shape index (κ1) is 16.2. The van der Waals surface area contributed by atoms with E-state index >= 15 is 0 Å². The van der Waals surface area contributed by atoms with Gasteiger partial charge in [-0.15, -0.1) is 0 Å². The van der Waals surface area contributed by atoms with E-state index in [1.165, 1.54) is 17.7 Å². The van der Waals surface area contributed by atoms with Crippen molar-refractivity contribution in [2.24, 2.45) is 0 Å². The molecule has 0 radical (unpaired) electrons. The van der Waals surface area contributed by atoms with Crippen LogP contribution in [0.15, 0.2) is 0 Å². The van der Waals surface area contributed by atoms with Crippen LogP contribution in [-0.2, 0) is 4.79 Å². The Balaban J connectivity index is 1.92. The van der Waals surface area contributed by atoms with Crippen molar-refractivity contribution in [2.75, 3.05) is 32.7 Å². The van der Waals surface area contributed by atoms with Gasteiger partial charge in [0.15, 0.2) is 0 Å². The molecule has 2 rings (SSSR count). The summed E-state index contributed by atoms with van der Waals surface area (Å²) in [5.74, 6) is -0.120. The minimum Gasteiger partial charge on any atom is -0.324 e. The number of piperidine rings is 1. The summed E-state index contributed by atoms with van der Waals surface area (Å²) in [5.41, 5.74) is -0.765. The zero-order valence-electron chi connectivity index (χ0n) is 13.4. The number of imide groups is 1. The van der Waals surface area contributed by atoms with E-state index in [9.17, 15) is 9.59 Å². The summed E-state index contributed by atoms with van der Waals surface area (Å²) >= 11 is 0. The first-order valence-electron chi connectivity index (χ1n) is 8.04. The van der Waals surface area contributed by atoms with E-state index in [1.807, 2.05) is 0 Å². The first-order chi connectivity index (χ1) is 9.95. The standard InChI is InChI=1S/C15H28N4O2/c1-4-8-18(12-6-5-7-16-11-12)9-10-19-13(20)15(2,3)17-14(19)21/h12,16H,4-11H2,1-3H3,(H,17,21). The highest BCUT2D eigenvalue weighted by Gasteiger charge is 2.44. The van der Waals surface area contributed by atoms with Crippen molar-refractivity contribution in [3.63, 3.8) is 0 Å². The van der Waals surface area contributed by atoms with Gasteiger partial charge >= 0.3 is 6.03 Å². The maximum atomic E-state index is 12.2. The summed E-state index contributed by atoms with van der Waals surface area (Å²) in [6.45, 7) is 10.0. The fourth-order valence-corrected chi connectivity index (χ4v) is 3.16. The molecular weight excluding hydrogens is 268 g/mol. The minimum absolute atomic E-state index is 0.120. The van der Waals surface area contributed by atoms with Gasteiger partial charge in [0.2, 0.25) is 0 Å². The molecule has 0 spiro atoms. The van der Waals surface area contributed by atoms with Gasteiger partial charge in [0, 0.05) is 25.7 Å². The van der Waals surface area contributed by atoms with Crippen molar-refractivity contribution in [1.82, 2.24) is 20.4 Å². The third kappa shape index (κ3) is 3.74. The number of nitrogens with one attached hydrogen (secondary N) is 2. The predicted molar refractivity (Wildman–Crippen MR) is 82.1 cm³/mol. The lowest BCUT2D eigenvalue weighted by molar-refractivity contribution is -0.130. The number of carbonyl (C=O) groups excluding carboxylic acids is 2. The fraction of sp³-hybridized carbons (Fsp3) is 0.867. The molecule has 2 aliphatic rings. The number of amides is 3. The van der Waals surface area contributed by atoms with Gasteiger partial charge in [-0.1, -0.05) is 6.92 Å². The largest absolute Gasteiger partial charge is 0.325 e. The Labute approximate surface area is 127 Å². The van der Waals surface area contributed by atoms with Crippen LogP contribution < -0.4 is 10.6 Å². The van der Waals surface area contributed by atoms with Crippen molar-refractivity contribution >= 4 is 11.9 Å². The van der Waals surface area contributed by atoms with Gasteiger partial charge < -0.3 is 10.6 Å². The molecule has 2 saturated heterocycles. The molecule has 1 atom stereocenters. The third-order valence-corrected chi connectivity index (χ3v) is 4.35. The number of rotatable bonds is 6. The smallest absolute Gasteiger partial charge is 0.324 e. The predicted octanol–water partition coefficient (Wildman–Crippen LogP) is 0.781. The second kappa shape index (κ2) is 6.75. The van der Waals surface area contributed by atoms with Crippen LogP contribution in [0, 0.1) is 0 Å². The Morgan fingerprint density at radius 2 is 2.10 bits per heavy atom. The zero-order chi connectivity index (χ0) is 15.5. The summed E-state index contributed by atoms with van der Waals surface area (Å²) < 4.78 is 0. The van der Waals surface area contributed by atoms with Crippen molar-refractivity contribution in [3.05, 3.63) is 0 Å². The molecule has 3 amide bonds. The maximum Gasteiger partial charge on any atom is 0.325 e. The minimum atomic E-state index is -0.765. The number of hydrogen-bond donors (Lipinski definition) is 2. The molecule has 2 aliphatic heterocycles. The summed E-state index contributed by atoms with van der Waals surface area (Å²) in [6.07, 6.45) is 3.47. The summed E-state index contributed by atoms with van der Waals surface area (Å²) in [7, 11) is 0. The molecule has 120 valence electrons. The summed E-state index contributed by atoms with van der Waals surface area (Å²) in [6, 6.07) is 0.260. The third-order valence-electron chi connectivity index (χ3n) is 4.35. The molecule has 0 saturated carbocycles. The van der Waals surface area contributed by atoms with Gasteiger partial charge in [0.1, 0.15) is 5.54 Å². The highest BCUT2D eigenvalue weighted by atomic mass is 16.2. The number of nitrogens with zero attached hydrogens (tertiary/aromatic N) is 2. The average molecular weight is 296 g/mol. The van der Waals surface area contributed by atoms with Gasteiger partial charge in [-0.3, -0.25) is 14.6 Å². The zero-order valence-corrected chi connectivity index (χ0v) is 13.4. The van der Waals surface area contributed by atoms with Crippen LogP contribution in [0.25, 0.3) is 0 Å². The Bertz CT molecular complexity index is 391. The normalized spacial score (nSPS) is 25.5. The van der Waals surface area contributed by atoms with E-state index in [-0.39, 0.29) is 11.9 Å². The SMILES string of the molecule is CCCN(CCN1C(=O)NC(C)(C)C1=O)C1CCCNC1. The van der Waals surface area contributed by atoms with E-state index in [2.05, 4.69) is 22.5 Å². The van der Waals surface area contributed by atoms with E-state index in [0.717, 1.165) is 32.6 Å². The van der Waals surface area contributed by atoms with Gasteiger partial charge in [-0.25, -0.2) is 4.79 Å². The lowest BCUT2D eigenvalue weighted by atomic mass is 10.1. The van der Waals surface area contributed by atoms with Crippen LogP contribution in [0.1, 0.15) is 40.0 Å². The van der Waals surface area contributed by atoms with Crippen LogP contribution in [0.2, 0.25) is 0 Å². The molecule has 2 fully saturated rings. The molecule has 0 aromatic carbocycles. The molecular formula is C15H28N4O2. The molecule has 2 heterocycles. The van der Waals surface area contributed by atoms with Crippen molar-refractivity contribution in [2.45, 2.75) is 51.6 Å². The Hall–Kier alpha value is -1.14. The quantitative estimate of drug-likeness (QED) is 0.711. The average Bonchev–Trinajstić information content (AvgIpc) is 2.65. The molecule has 2 N–H and O–H groups in total. The Morgan fingerprint density at radius 1 is 1.33 bits per heavy atom. The molecule has 0 bridgehead atoms. The maximum absolute atomic E-state index is 12.2. The van der Waals surface area contributed by atoms with Crippen LogP contribution in [0.4, 0.5) is 4.79 Å². The van der Waals surface area contributed by atoms with Crippen molar-refractivity contribution in [1.29, 1.82) is 0 Å². The van der Waals surface area contributed by atoms with Gasteiger partial charge in [0.25, 0.3) is 5.91 Å². The highest BCUT2D eigenvalue weighted by Crippen LogP contribution is 2.17. The van der Waals surface area contributed by atoms with E-state index in [1.54, 1.807) is 13.8 Å². The topological polar surface area (TPSA) is 64.7 Å². The monoisotopic (exact) mass is 296 g/mol. The Kier molecular flexibility index (Phi) is 5.22. The van der Waals surface area contributed by atoms with Crippen LogP contribution >= 0.6 is 0 Å². The van der Waals surface area contributed by atoms with Gasteiger partial charge in [-0.2, -0.15) is 0 Å². The Morgan fingerprint density at radius 3 is 2.62 bits per heavy atom. The second-order valence-electron chi connectivity index (χ2n) is 6.55. The molecule has 6 heteroatoms. The molecule has 21 heavy (non-hydrogen) atoms. The lowest BCUT2D eigenvalue weighted by Crippen LogP contribution is -2.49. The lowest BCUT2D eigenvalue weighted by Gasteiger charge is -2.35. The van der Waals surface area contributed by atoms with Crippen molar-refractivity contribution < 1.29 is 9.59 Å². The summed E-state index contributed by atoms with van der Waals surface area (Å²) in [4.78, 5) is 27.9. The van der Waals surface area contributed by atoms with Crippen molar-refractivity contribution in [3.8, 4) is 0 Å². The molecule has 0 aliphatic carbocycles. The summed E-state index contributed by atoms with van der Waals surface area (Å²) in [5, 5.41) is 6.17. The van der Waals surface area contributed by atoms with E-state index in [0.29, 0.717) is 12.6 Å². The van der Waals surface area contributed by atoms with Crippen LogP contribution in [0.3, 0.4) is 0 Å². The molecule has 6 nitrogen and oxygen atoms in total. The van der Waals surface area contributed by atoms with Crippen LogP contribution in [0.5, 0.6) is 0 Å². The molecule has 1 unspecified atom stereocenters. The molecule has 0 aromatic heterocycles. The van der Waals surface area contributed by atoms with E-state index in [4.69, 9.17) is 0 Å². The number of urea groups is 1.